The van der Waals surface area contributed by atoms with Crippen LogP contribution < -0.4 is 0 Å². The summed E-state index contributed by atoms with van der Waals surface area (Å²) in [6, 6.07) is 0. The summed E-state index contributed by atoms with van der Waals surface area (Å²) in [4.78, 5) is 6.56. The molecule has 0 radical (unpaired) electrons. The number of fused-ring (bicyclic) bond motifs is 1. The quantitative estimate of drug-likeness (QED) is 0.545. The van der Waals surface area contributed by atoms with Crippen molar-refractivity contribution < 1.29 is 0 Å². The minimum absolute atomic E-state index is 0.439. The fourth-order valence-corrected chi connectivity index (χ4v) is 2.12. The molecule has 0 aromatic rings. The molecule has 0 saturated heterocycles. The van der Waals surface area contributed by atoms with Gasteiger partial charge in [-0.05, 0) is 5.92 Å². The lowest BCUT2D eigenvalue weighted by Crippen LogP contribution is -2.19. The Bertz CT molecular complexity index is 331. The number of amidine groups is 1. The summed E-state index contributed by atoms with van der Waals surface area (Å²) < 4.78 is 0. The van der Waals surface area contributed by atoms with E-state index in [-0.39, 0.29) is 0 Å². The molecule has 2 rings (SSSR count). The maximum atomic E-state index is 4.36. The van der Waals surface area contributed by atoms with E-state index in [0.717, 1.165) is 24.0 Å². The molecule has 2 aliphatic rings. The highest BCUT2D eigenvalue weighted by molar-refractivity contribution is 8.16. The average Bonchev–Trinajstić information content (AvgIpc) is 2.60. The monoisotopic (exact) mass is 192 g/mol. The van der Waals surface area contributed by atoms with Gasteiger partial charge in [0.15, 0.2) is 5.17 Å². The normalized spacial score (nSPS) is 19.5. The first-order valence-electron chi connectivity index (χ1n) is 4.48. The van der Waals surface area contributed by atoms with Crippen molar-refractivity contribution in [3.63, 3.8) is 0 Å². The minimum Gasteiger partial charge on any atom is -0.312 e. The van der Waals surface area contributed by atoms with Crippen molar-refractivity contribution in [1.29, 1.82) is 0 Å². The molecule has 0 saturated carbocycles. The molecule has 13 heavy (non-hydrogen) atoms. The van der Waals surface area contributed by atoms with Crippen molar-refractivity contribution >= 4 is 16.9 Å². The van der Waals surface area contributed by atoms with Crippen LogP contribution in [0.1, 0.15) is 13.8 Å². The molecule has 2 heterocycles. The summed E-state index contributed by atoms with van der Waals surface area (Å²) in [7, 11) is 0. The van der Waals surface area contributed by atoms with Crippen LogP contribution >= 0.6 is 11.8 Å². The molecule has 0 aromatic heterocycles. The van der Waals surface area contributed by atoms with Gasteiger partial charge in [-0.2, -0.15) is 0 Å². The molecule has 0 unspecified atom stereocenters. The van der Waals surface area contributed by atoms with Gasteiger partial charge in [0.25, 0.3) is 0 Å². The van der Waals surface area contributed by atoms with Crippen molar-refractivity contribution in [2.45, 2.75) is 13.8 Å². The van der Waals surface area contributed by atoms with Crippen molar-refractivity contribution in [3.8, 4) is 11.8 Å². The first-order valence-corrected chi connectivity index (χ1v) is 5.35. The molecule has 0 fully saturated rings. The van der Waals surface area contributed by atoms with Crippen LogP contribution in [0.2, 0.25) is 0 Å². The van der Waals surface area contributed by atoms with Crippen LogP contribution in [0.15, 0.2) is 16.1 Å². The smallest absolute Gasteiger partial charge is 0.168 e. The number of hydrogen-bond acceptors (Lipinski definition) is 3. The minimum atomic E-state index is 0.439. The van der Waals surface area contributed by atoms with Gasteiger partial charge in [-0.15, -0.1) is 0 Å². The number of aliphatic imine (C=N–C) groups is 1. The molecule has 0 aliphatic carbocycles. The molecule has 2 aliphatic heterocycles. The Morgan fingerprint density at radius 2 is 2.46 bits per heavy atom. The summed E-state index contributed by atoms with van der Waals surface area (Å²) in [6.45, 7) is 6.13. The molecule has 0 spiro atoms. The topological polar surface area (TPSA) is 15.6 Å². The fraction of sp³-hybridized carbons (Fsp3) is 0.500. The summed E-state index contributed by atoms with van der Waals surface area (Å²) in [5, 5.41) is 3.21. The van der Waals surface area contributed by atoms with Crippen molar-refractivity contribution in [2.75, 3.05) is 13.1 Å². The Morgan fingerprint density at radius 3 is 3.23 bits per heavy atom. The van der Waals surface area contributed by atoms with E-state index in [4.69, 9.17) is 0 Å². The highest BCUT2D eigenvalue weighted by atomic mass is 32.2. The van der Waals surface area contributed by atoms with Crippen LogP contribution in [0.25, 0.3) is 0 Å². The van der Waals surface area contributed by atoms with Gasteiger partial charge in [0, 0.05) is 17.9 Å². The summed E-state index contributed by atoms with van der Waals surface area (Å²) in [6.07, 6.45) is 0. The standard InChI is InChI=1S/C10H12N2S/c1-8(2)3-4-9-7-13-10-11-5-6-12(9)10/h7-8H,5-6H2,1-2H3. The van der Waals surface area contributed by atoms with E-state index < -0.39 is 0 Å². The van der Waals surface area contributed by atoms with E-state index in [1.165, 1.54) is 0 Å². The SMILES string of the molecule is CC(C)C#CC1=CSC2=NCCN12. The molecular weight excluding hydrogens is 180 g/mol. The van der Waals surface area contributed by atoms with Crippen LogP contribution in [-0.4, -0.2) is 23.2 Å². The molecule has 0 amide bonds. The third kappa shape index (κ3) is 1.73. The number of allylic oxidation sites excluding steroid dienone is 1. The van der Waals surface area contributed by atoms with E-state index >= 15 is 0 Å². The largest absolute Gasteiger partial charge is 0.312 e. The molecule has 3 heteroatoms. The second-order valence-electron chi connectivity index (χ2n) is 3.36. The summed E-state index contributed by atoms with van der Waals surface area (Å²) in [5.41, 5.74) is 1.12. The lowest BCUT2D eigenvalue weighted by atomic mass is 10.2. The van der Waals surface area contributed by atoms with Crippen molar-refractivity contribution in [1.82, 2.24) is 4.90 Å². The Kier molecular flexibility index (Phi) is 2.32. The number of thioether (sulfide) groups is 1. The molecule has 0 bridgehead atoms. The Morgan fingerprint density at radius 1 is 1.62 bits per heavy atom. The van der Waals surface area contributed by atoms with Crippen LogP contribution in [0, 0.1) is 17.8 Å². The maximum absolute atomic E-state index is 4.36. The van der Waals surface area contributed by atoms with E-state index in [1.807, 2.05) is 0 Å². The van der Waals surface area contributed by atoms with Crippen molar-refractivity contribution in [3.05, 3.63) is 11.1 Å². The average molecular weight is 192 g/mol. The zero-order chi connectivity index (χ0) is 9.26. The highest BCUT2D eigenvalue weighted by Crippen LogP contribution is 2.28. The van der Waals surface area contributed by atoms with Crippen LogP contribution in [-0.2, 0) is 0 Å². The Hall–Kier alpha value is -0.880. The lowest BCUT2D eigenvalue weighted by Gasteiger charge is -2.10. The second kappa shape index (κ2) is 3.47. The molecule has 68 valence electrons. The third-order valence-electron chi connectivity index (χ3n) is 1.86. The van der Waals surface area contributed by atoms with E-state index in [9.17, 15) is 0 Å². The van der Waals surface area contributed by atoms with Crippen molar-refractivity contribution in [2.24, 2.45) is 10.9 Å². The summed E-state index contributed by atoms with van der Waals surface area (Å²) >= 11 is 1.68. The second-order valence-corrected chi connectivity index (χ2v) is 4.20. The first-order chi connectivity index (χ1) is 6.27. The van der Waals surface area contributed by atoms with Gasteiger partial charge in [0.05, 0.1) is 6.54 Å². The van der Waals surface area contributed by atoms with Gasteiger partial charge < -0.3 is 4.90 Å². The number of hydrogen-bond donors (Lipinski definition) is 0. The zero-order valence-corrected chi connectivity index (χ0v) is 8.69. The van der Waals surface area contributed by atoms with E-state index in [2.05, 4.69) is 41.0 Å². The molecule has 0 atom stereocenters. The van der Waals surface area contributed by atoms with Crippen LogP contribution in [0.5, 0.6) is 0 Å². The maximum Gasteiger partial charge on any atom is 0.168 e. The highest BCUT2D eigenvalue weighted by Gasteiger charge is 2.24. The first kappa shape index (κ1) is 8.71. The lowest BCUT2D eigenvalue weighted by molar-refractivity contribution is 0.597. The van der Waals surface area contributed by atoms with Gasteiger partial charge in [0.1, 0.15) is 5.70 Å². The van der Waals surface area contributed by atoms with Gasteiger partial charge in [-0.25, -0.2) is 0 Å². The van der Waals surface area contributed by atoms with Gasteiger partial charge >= 0.3 is 0 Å². The van der Waals surface area contributed by atoms with Crippen LogP contribution in [0.4, 0.5) is 0 Å². The molecule has 2 nitrogen and oxygen atoms in total. The van der Waals surface area contributed by atoms with Crippen LogP contribution in [0.3, 0.4) is 0 Å². The molecular formula is C10H12N2S. The third-order valence-corrected chi connectivity index (χ3v) is 2.76. The predicted molar refractivity (Wildman–Crippen MR) is 57.3 cm³/mol. The predicted octanol–water partition coefficient (Wildman–Crippen LogP) is 1.91. The Balaban J connectivity index is 2.11. The zero-order valence-electron chi connectivity index (χ0n) is 7.87. The molecule has 0 N–H and O–H groups in total. The van der Waals surface area contributed by atoms with E-state index in [1.54, 1.807) is 11.8 Å². The number of nitrogens with zero attached hydrogens (tertiary/aromatic N) is 2. The Labute approximate surface area is 83.1 Å². The number of rotatable bonds is 0. The fourth-order valence-electron chi connectivity index (χ4n) is 1.24. The summed E-state index contributed by atoms with van der Waals surface area (Å²) in [5.74, 6) is 6.80. The van der Waals surface area contributed by atoms with Gasteiger partial charge in [-0.1, -0.05) is 31.5 Å². The van der Waals surface area contributed by atoms with Gasteiger partial charge in [-0.3, -0.25) is 4.99 Å². The van der Waals surface area contributed by atoms with Gasteiger partial charge in [0.2, 0.25) is 0 Å². The molecule has 0 aromatic carbocycles. The van der Waals surface area contributed by atoms with E-state index in [0.29, 0.717) is 5.92 Å².